The molecule has 3 rings (SSSR count). The first kappa shape index (κ1) is 20.2. The zero-order valence-electron chi connectivity index (χ0n) is 16.6. The molecule has 1 aromatic carbocycles. The smallest absolute Gasteiger partial charge is 0.230 e. The molecule has 1 aliphatic rings. The van der Waals surface area contributed by atoms with Gasteiger partial charge in [-0.2, -0.15) is 15.0 Å². The van der Waals surface area contributed by atoms with Crippen LogP contribution in [0.2, 0.25) is 0 Å². The molecule has 9 nitrogen and oxygen atoms in total. The highest BCUT2D eigenvalue weighted by atomic mass is 16.5. The molecular weight excluding hydrogens is 374 g/mol. The maximum atomic E-state index is 13.4. The van der Waals surface area contributed by atoms with Gasteiger partial charge in [-0.05, 0) is 25.0 Å². The van der Waals surface area contributed by atoms with Crippen molar-refractivity contribution in [2.45, 2.75) is 31.7 Å². The van der Waals surface area contributed by atoms with Crippen molar-refractivity contribution in [2.24, 2.45) is 4.99 Å². The maximum absolute atomic E-state index is 13.4. The van der Waals surface area contributed by atoms with E-state index in [-0.39, 0.29) is 28.8 Å². The number of rotatable bonds is 6. The summed E-state index contributed by atoms with van der Waals surface area (Å²) in [6.45, 7) is 0. The van der Waals surface area contributed by atoms with E-state index in [2.05, 4.69) is 10.1 Å². The lowest BCUT2D eigenvalue weighted by Crippen LogP contribution is -2.27. The number of benzene rings is 1. The number of carbonyl (C=O) groups excluding carboxylic acids is 1. The van der Waals surface area contributed by atoms with Crippen molar-refractivity contribution in [3.05, 3.63) is 29.5 Å². The van der Waals surface area contributed by atoms with Gasteiger partial charge in [-0.3, -0.25) is 9.79 Å². The lowest BCUT2D eigenvalue weighted by Gasteiger charge is -2.15. The molecule has 0 atom stereocenters. The number of carbonyl (C=O) groups is 1. The lowest BCUT2D eigenvalue weighted by molar-refractivity contribution is 0.106. The Kier molecular flexibility index (Phi) is 6.02. The van der Waals surface area contributed by atoms with Gasteiger partial charge in [0.1, 0.15) is 17.5 Å². The Hall–Kier alpha value is -3.54. The van der Waals surface area contributed by atoms with E-state index in [9.17, 15) is 10.1 Å². The summed E-state index contributed by atoms with van der Waals surface area (Å²) in [7, 11) is 4.44. The van der Waals surface area contributed by atoms with E-state index in [0.29, 0.717) is 17.2 Å². The Morgan fingerprint density at radius 3 is 2.31 bits per heavy atom. The third-order valence-corrected chi connectivity index (χ3v) is 4.89. The molecule has 2 N–H and O–H groups in total. The van der Waals surface area contributed by atoms with Crippen molar-refractivity contribution in [3.63, 3.8) is 0 Å². The highest BCUT2D eigenvalue weighted by Crippen LogP contribution is 2.38. The van der Waals surface area contributed by atoms with Crippen LogP contribution in [0.25, 0.3) is 0 Å². The SMILES string of the molecule is COc1cc(C(=O)/C(=N/C2CCCC2)n2ncc(C#N)c2N)cc(OC)c1OC. The normalized spacial score (nSPS) is 14.5. The fourth-order valence-corrected chi connectivity index (χ4v) is 3.37. The number of Topliss-reactive ketones (excluding diaryl/α,β-unsaturated/α-hetero) is 1. The molecule has 0 bridgehead atoms. The van der Waals surface area contributed by atoms with Crippen LogP contribution in [-0.2, 0) is 0 Å². The van der Waals surface area contributed by atoms with E-state index in [1.54, 1.807) is 12.1 Å². The predicted molar refractivity (Wildman–Crippen MR) is 107 cm³/mol. The Bertz CT molecular complexity index is 958. The summed E-state index contributed by atoms with van der Waals surface area (Å²) in [5.41, 5.74) is 6.50. The average molecular weight is 397 g/mol. The van der Waals surface area contributed by atoms with E-state index < -0.39 is 5.78 Å². The molecule has 0 saturated heterocycles. The number of ketones is 1. The molecule has 0 spiro atoms. The summed E-state index contributed by atoms with van der Waals surface area (Å²) >= 11 is 0. The van der Waals surface area contributed by atoms with Crippen molar-refractivity contribution in [1.82, 2.24) is 9.78 Å². The number of nitriles is 1. The van der Waals surface area contributed by atoms with Crippen LogP contribution in [0.5, 0.6) is 17.2 Å². The van der Waals surface area contributed by atoms with E-state index in [0.717, 1.165) is 25.7 Å². The number of anilines is 1. The molecule has 1 aliphatic carbocycles. The fraction of sp³-hybridized carbons (Fsp3) is 0.400. The molecule has 0 unspecified atom stereocenters. The highest BCUT2D eigenvalue weighted by Gasteiger charge is 2.26. The Morgan fingerprint density at radius 2 is 1.83 bits per heavy atom. The zero-order chi connectivity index (χ0) is 21.0. The molecule has 1 aromatic heterocycles. The third kappa shape index (κ3) is 3.87. The van der Waals surface area contributed by atoms with Gasteiger partial charge in [0.05, 0.1) is 33.6 Å². The van der Waals surface area contributed by atoms with Crippen molar-refractivity contribution in [1.29, 1.82) is 5.26 Å². The van der Waals surface area contributed by atoms with Gasteiger partial charge in [-0.25, -0.2) is 0 Å². The number of nitrogens with two attached hydrogens (primary N) is 1. The minimum atomic E-state index is -0.407. The monoisotopic (exact) mass is 397 g/mol. The van der Waals surface area contributed by atoms with Crippen LogP contribution >= 0.6 is 0 Å². The minimum absolute atomic E-state index is 0.00475. The average Bonchev–Trinajstić information content (AvgIpc) is 3.39. The molecule has 0 amide bonds. The first-order valence-corrected chi connectivity index (χ1v) is 9.20. The number of nitrogens with zero attached hydrogens (tertiary/aromatic N) is 4. The summed E-state index contributed by atoms with van der Waals surface area (Å²) < 4.78 is 17.2. The van der Waals surface area contributed by atoms with E-state index in [1.165, 1.54) is 32.2 Å². The molecule has 152 valence electrons. The molecule has 1 heterocycles. The van der Waals surface area contributed by atoms with Gasteiger partial charge in [-0.15, -0.1) is 0 Å². The number of hydrogen-bond acceptors (Lipinski definition) is 8. The number of methoxy groups -OCH3 is 3. The molecule has 29 heavy (non-hydrogen) atoms. The molecule has 1 fully saturated rings. The van der Waals surface area contributed by atoms with Crippen LogP contribution in [0, 0.1) is 11.3 Å². The fourth-order valence-electron chi connectivity index (χ4n) is 3.37. The van der Waals surface area contributed by atoms with Crippen LogP contribution in [-0.4, -0.2) is 48.8 Å². The molecular formula is C20H23N5O4. The number of hydrogen-bond donors (Lipinski definition) is 1. The molecule has 2 aromatic rings. The van der Waals surface area contributed by atoms with Crippen LogP contribution in [0.15, 0.2) is 23.3 Å². The molecule has 1 saturated carbocycles. The third-order valence-electron chi connectivity index (χ3n) is 4.89. The quantitative estimate of drug-likeness (QED) is 0.451. The van der Waals surface area contributed by atoms with Crippen LogP contribution < -0.4 is 19.9 Å². The van der Waals surface area contributed by atoms with Crippen molar-refractivity contribution < 1.29 is 19.0 Å². The second-order valence-corrected chi connectivity index (χ2v) is 6.60. The number of ether oxygens (including phenoxy) is 3. The summed E-state index contributed by atoms with van der Waals surface area (Å²) in [6.07, 6.45) is 5.20. The topological polar surface area (TPSA) is 125 Å². The van der Waals surface area contributed by atoms with Gasteiger partial charge in [0.25, 0.3) is 0 Å². The van der Waals surface area contributed by atoms with Gasteiger partial charge >= 0.3 is 0 Å². The first-order valence-electron chi connectivity index (χ1n) is 9.20. The lowest BCUT2D eigenvalue weighted by atomic mass is 10.1. The standard InChI is InChI=1S/C20H23N5O4/c1-27-15-8-12(9-16(28-2)18(15)29-3)17(26)20(24-14-6-4-5-7-14)25-19(22)13(10-21)11-23-25/h8-9,11,14H,4-7,22H2,1-3H3/b24-20-. The van der Waals surface area contributed by atoms with E-state index >= 15 is 0 Å². The van der Waals surface area contributed by atoms with Gasteiger partial charge < -0.3 is 19.9 Å². The summed E-state index contributed by atoms with van der Waals surface area (Å²) in [5, 5.41) is 13.3. The van der Waals surface area contributed by atoms with Gasteiger partial charge in [0.2, 0.25) is 11.5 Å². The molecule has 0 radical (unpaired) electrons. The summed E-state index contributed by atoms with van der Waals surface area (Å²) in [5.74, 6) is 0.806. The second kappa shape index (κ2) is 8.65. The van der Waals surface area contributed by atoms with Crippen LogP contribution in [0.3, 0.4) is 0 Å². The van der Waals surface area contributed by atoms with Crippen molar-refractivity contribution in [2.75, 3.05) is 27.1 Å². The largest absolute Gasteiger partial charge is 0.493 e. The number of aliphatic imine (C=N–C) groups is 1. The van der Waals surface area contributed by atoms with Gasteiger partial charge in [0, 0.05) is 5.56 Å². The van der Waals surface area contributed by atoms with Crippen molar-refractivity contribution in [3.8, 4) is 23.3 Å². The first-order chi connectivity index (χ1) is 14.0. The molecule has 0 aliphatic heterocycles. The highest BCUT2D eigenvalue weighted by molar-refractivity contribution is 6.46. The number of aromatic nitrogens is 2. The van der Waals surface area contributed by atoms with Crippen molar-refractivity contribution >= 4 is 17.4 Å². The van der Waals surface area contributed by atoms with Gasteiger partial charge in [0.15, 0.2) is 17.3 Å². The minimum Gasteiger partial charge on any atom is -0.493 e. The summed E-state index contributed by atoms with van der Waals surface area (Å²) in [6, 6.07) is 5.08. The predicted octanol–water partition coefficient (Wildman–Crippen LogP) is 2.43. The van der Waals surface area contributed by atoms with Gasteiger partial charge in [-0.1, -0.05) is 12.8 Å². The van der Waals surface area contributed by atoms with Crippen LogP contribution in [0.1, 0.15) is 41.6 Å². The Morgan fingerprint density at radius 1 is 1.21 bits per heavy atom. The second-order valence-electron chi connectivity index (χ2n) is 6.60. The zero-order valence-corrected chi connectivity index (χ0v) is 16.6. The number of nitrogen functional groups attached to an aromatic ring is 1. The summed E-state index contributed by atoms with van der Waals surface area (Å²) in [4.78, 5) is 18.1. The molecule has 9 heteroatoms. The Balaban J connectivity index is 2.12. The Labute approximate surface area is 168 Å². The van der Waals surface area contributed by atoms with E-state index in [4.69, 9.17) is 19.9 Å². The van der Waals surface area contributed by atoms with E-state index in [1.807, 2.05) is 6.07 Å². The maximum Gasteiger partial charge on any atom is 0.230 e. The van der Waals surface area contributed by atoms with Crippen LogP contribution in [0.4, 0.5) is 5.82 Å².